The first kappa shape index (κ1) is 23.8. The Morgan fingerprint density at radius 2 is 2.09 bits per heavy atom. The number of ether oxygens (including phenoxy) is 2. The molecule has 0 aliphatic carbocycles. The third kappa shape index (κ3) is 4.91. The number of halogens is 3. The lowest BCUT2D eigenvalue weighted by Gasteiger charge is -2.27. The number of alkyl halides is 2. The Balaban J connectivity index is 1.38. The highest BCUT2D eigenvalue weighted by Gasteiger charge is 2.43. The van der Waals surface area contributed by atoms with Crippen LogP contribution in [0.5, 0.6) is 11.5 Å². The van der Waals surface area contributed by atoms with E-state index in [2.05, 4.69) is 36.6 Å². The first-order valence-electron chi connectivity index (χ1n) is 10.5. The molecule has 9 nitrogen and oxygen atoms in total. The molecule has 3 N–H and O–H groups in total. The first-order valence-corrected chi connectivity index (χ1v) is 14.5. The number of fused-ring (bicyclic) bond motifs is 2. The number of aromatic amines is 1. The third-order valence-corrected chi connectivity index (χ3v) is 8.40. The van der Waals surface area contributed by atoms with Crippen LogP contribution in [0.2, 0.25) is 0 Å². The monoisotopic (exact) mass is 613 g/mol. The van der Waals surface area contributed by atoms with E-state index in [1.54, 1.807) is 18.6 Å². The number of H-pyrrole nitrogens is 1. The minimum absolute atomic E-state index is 0.0178. The summed E-state index contributed by atoms with van der Waals surface area (Å²) in [5.41, 5.74) is 8.92. The summed E-state index contributed by atoms with van der Waals surface area (Å²) in [6.45, 7) is 0.842. The van der Waals surface area contributed by atoms with Gasteiger partial charge >= 0.3 is 6.29 Å². The van der Waals surface area contributed by atoms with Gasteiger partial charge in [-0.1, -0.05) is 6.07 Å². The molecule has 5 rings (SSSR count). The molecule has 1 aromatic carbocycles. The van der Waals surface area contributed by atoms with Crippen LogP contribution in [-0.4, -0.2) is 54.3 Å². The van der Waals surface area contributed by atoms with E-state index < -0.39 is 13.5 Å². The van der Waals surface area contributed by atoms with Gasteiger partial charge < -0.3 is 20.2 Å². The molecule has 0 amide bonds. The number of rotatable bonds is 5. The third-order valence-electron chi connectivity index (χ3n) is 5.75. The van der Waals surface area contributed by atoms with Crippen molar-refractivity contribution in [2.75, 3.05) is 13.1 Å². The Morgan fingerprint density at radius 1 is 1.31 bits per heavy atom. The topological polar surface area (TPSA) is 123 Å². The fourth-order valence-electron chi connectivity index (χ4n) is 3.98. The molecule has 0 saturated carbocycles. The molecule has 0 bridgehead atoms. The summed E-state index contributed by atoms with van der Waals surface area (Å²) in [5, 5.41) is 0.714. The van der Waals surface area contributed by atoms with Gasteiger partial charge in [0.05, 0.1) is 27.2 Å². The van der Waals surface area contributed by atoms with E-state index in [1.165, 1.54) is 37.8 Å². The number of hydrogen-bond acceptors (Lipinski definition) is 7. The molecule has 2 aliphatic heterocycles. The maximum absolute atomic E-state index is 13.4. The highest BCUT2D eigenvalue weighted by molar-refractivity contribution is 14.2. The Morgan fingerprint density at radius 3 is 2.80 bits per heavy atom. The van der Waals surface area contributed by atoms with Crippen molar-refractivity contribution in [3.05, 3.63) is 48.4 Å². The number of allylic oxidation sites excluding steroid dienone is 1. The van der Waals surface area contributed by atoms with Crippen LogP contribution >= 0.6 is 21.2 Å². The number of nitrogens with zero attached hydrogens (tertiary/aromatic N) is 3. The quantitative estimate of drug-likeness (QED) is 0.257. The smallest absolute Gasteiger partial charge is 0.404 e. The van der Waals surface area contributed by atoms with Gasteiger partial charge in [-0.25, -0.2) is 13.4 Å². The Hall–Kier alpha value is -2.96. The number of nitrogens with two attached hydrogens (primary N) is 1. The molecule has 0 radical (unpaired) electrons. The number of aromatic nitrogens is 2. The molecule has 0 unspecified atom stereocenters. The van der Waals surface area contributed by atoms with Crippen molar-refractivity contribution in [3.63, 3.8) is 0 Å². The maximum Gasteiger partial charge on any atom is 0.586 e. The van der Waals surface area contributed by atoms with E-state index >= 15 is 0 Å². The Bertz CT molecular complexity index is 1450. The zero-order chi connectivity index (χ0) is 24.8. The van der Waals surface area contributed by atoms with E-state index in [0.29, 0.717) is 59.2 Å². The lowest BCUT2D eigenvalue weighted by atomic mass is 10.0. The van der Waals surface area contributed by atoms with Gasteiger partial charge in [-0.05, 0) is 25.0 Å². The predicted molar refractivity (Wildman–Crippen MR) is 134 cm³/mol. The summed E-state index contributed by atoms with van der Waals surface area (Å²) >= 11 is 1.45. The fraction of sp³-hybridized carbons (Fsp3) is 0.273. The molecular weight excluding hydrogens is 595 g/mol. The number of nitrogens with one attached hydrogen (secondary N) is 1. The van der Waals surface area contributed by atoms with Gasteiger partial charge in [0.2, 0.25) is 5.75 Å². The van der Waals surface area contributed by atoms with Crippen molar-refractivity contribution in [2.24, 2.45) is 10.7 Å². The summed E-state index contributed by atoms with van der Waals surface area (Å²) in [7, 11) is -3.23. The minimum atomic E-state index is -3.73. The van der Waals surface area contributed by atoms with E-state index in [4.69, 9.17) is 5.73 Å². The molecular formula is C22H18F2IN5O4S. The minimum Gasteiger partial charge on any atom is -0.404 e. The number of aliphatic imine (C=N–C) groups is 1. The highest BCUT2D eigenvalue weighted by Crippen LogP contribution is 2.41. The lowest BCUT2D eigenvalue weighted by Crippen LogP contribution is -2.37. The van der Waals surface area contributed by atoms with Gasteiger partial charge in [-0.3, -0.25) is 4.99 Å². The molecule has 13 heteroatoms. The number of hydrogen-bond donors (Lipinski definition) is 2. The summed E-state index contributed by atoms with van der Waals surface area (Å²) in [5.74, 6) is -0.331. The van der Waals surface area contributed by atoms with Gasteiger partial charge in [0.1, 0.15) is 5.65 Å². The molecule has 0 atom stereocenters. The van der Waals surface area contributed by atoms with Crippen molar-refractivity contribution >= 4 is 51.2 Å². The number of piperidine rings is 1. The Kier molecular flexibility index (Phi) is 6.06. The fourth-order valence-corrected chi connectivity index (χ4v) is 5.80. The van der Waals surface area contributed by atoms with Crippen LogP contribution in [0.15, 0.2) is 35.7 Å². The second-order valence-corrected chi connectivity index (χ2v) is 12.6. The lowest BCUT2D eigenvalue weighted by molar-refractivity contribution is -0.286. The van der Waals surface area contributed by atoms with Crippen LogP contribution in [0.25, 0.3) is 27.7 Å². The van der Waals surface area contributed by atoms with Crippen molar-refractivity contribution < 1.29 is 26.7 Å². The SMILES string of the molecule is NC=C(C=NC1CCN(S(=O)(=O)I)CC1)c1cnc2[nH]cc(-c3c#cc4c(c3)OC(F)(F)O4)c2c1. The maximum atomic E-state index is 13.4. The highest BCUT2D eigenvalue weighted by atomic mass is 127. The molecule has 0 spiro atoms. The van der Waals surface area contributed by atoms with Gasteiger partial charge in [0.15, 0.2) is 5.75 Å². The van der Waals surface area contributed by atoms with E-state index in [0.717, 1.165) is 0 Å². The van der Waals surface area contributed by atoms with E-state index in [-0.39, 0.29) is 17.5 Å². The van der Waals surface area contributed by atoms with Crippen LogP contribution in [0.1, 0.15) is 18.4 Å². The zero-order valence-electron chi connectivity index (χ0n) is 18.0. The molecule has 1 saturated heterocycles. The number of pyridine rings is 1. The average molecular weight is 613 g/mol. The molecule has 2 aromatic heterocycles. The molecule has 2 aliphatic rings. The summed E-state index contributed by atoms with van der Waals surface area (Å²) in [6, 6.07) is 8.63. The van der Waals surface area contributed by atoms with E-state index in [9.17, 15) is 17.2 Å². The van der Waals surface area contributed by atoms with Crippen LogP contribution in [-0.2, 0) is 7.19 Å². The summed E-state index contributed by atoms with van der Waals surface area (Å²) < 4.78 is 60.4. The molecule has 182 valence electrons. The molecule has 4 heterocycles. The summed E-state index contributed by atoms with van der Waals surface area (Å²) in [4.78, 5) is 12.1. The Labute approximate surface area is 211 Å². The van der Waals surface area contributed by atoms with Crippen molar-refractivity contribution in [3.8, 4) is 22.6 Å². The standard InChI is InChI=1S/C22H18F2IN5O4S/c23-22(24)33-19-2-1-13(8-20(19)34-22)18-12-29-21-17(18)7-14(10-28-21)15(9-26)11-27-16-3-5-30(6-4-16)35(25,31)32/h7-12,16H,3-6,26H2,(H,28,29). The van der Waals surface area contributed by atoms with Gasteiger partial charge in [-0.2, -0.15) is 4.31 Å². The summed E-state index contributed by atoms with van der Waals surface area (Å²) in [6.07, 6.45) is 3.92. The van der Waals surface area contributed by atoms with Crippen LogP contribution < -0.4 is 15.2 Å². The molecule has 35 heavy (non-hydrogen) atoms. The average Bonchev–Trinajstić information content (AvgIpc) is 3.37. The largest absolute Gasteiger partial charge is 0.586 e. The normalized spacial score (nSPS) is 18.9. The second kappa shape index (κ2) is 8.92. The first-order chi connectivity index (χ1) is 16.6. The van der Waals surface area contributed by atoms with Gasteiger partial charge in [0, 0.05) is 71.6 Å². The zero-order valence-corrected chi connectivity index (χ0v) is 20.9. The van der Waals surface area contributed by atoms with Crippen molar-refractivity contribution in [1.29, 1.82) is 0 Å². The van der Waals surface area contributed by atoms with Gasteiger partial charge in [-0.15, -0.1) is 8.78 Å². The second-order valence-electron chi connectivity index (χ2n) is 7.96. The van der Waals surface area contributed by atoms with Crippen LogP contribution in [0.3, 0.4) is 0 Å². The molecule has 3 aromatic rings. The van der Waals surface area contributed by atoms with Crippen LogP contribution in [0, 0.1) is 12.1 Å². The van der Waals surface area contributed by atoms with Crippen molar-refractivity contribution in [1.82, 2.24) is 14.3 Å². The van der Waals surface area contributed by atoms with Crippen LogP contribution in [0.4, 0.5) is 8.78 Å². The molecule has 1 fully saturated rings. The van der Waals surface area contributed by atoms with Crippen molar-refractivity contribution in [2.45, 2.75) is 25.2 Å². The van der Waals surface area contributed by atoms with E-state index in [1.807, 2.05) is 6.07 Å². The predicted octanol–water partition coefficient (Wildman–Crippen LogP) is 3.67. The van der Waals surface area contributed by atoms with Gasteiger partial charge in [0.25, 0.3) is 7.19 Å².